The Morgan fingerprint density at radius 3 is 2.83 bits per heavy atom. The summed E-state index contributed by atoms with van der Waals surface area (Å²) in [6, 6.07) is 8.43. The Kier molecular flexibility index (Phi) is 6.23. The van der Waals surface area contributed by atoms with E-state index < -0.39 is 5.91 Å². The largest absolute Gasteiger partial charge is 0.507 e. The zero-order valence-electron chi connectivity index (χ0n) is 13.1. The molecule has 0 bridgehead atoms. The van der Waals surface area contributed by atoms with E-state index in [9.17, 15) is 9.90 Å². The van der Waals surface area contributed by atoms with Gasteiger partial charge in [-0.2, -0.15) is 5.10 Å². The van der Waals surface area contributed by atoms with E-state index in [0.29, 0.717) is 16.3 Å². The molecule has 2 N–H and O–H groups in total. The lowest BCUT2D eigenvalue weighted by atomic mass is 10.1. The van der Waals surface area contributed by atoms with E-state index in [2.05, 4.69) is 26.5 Å². The minimum atomic E-state index is -0.417. The molecule has 5 nitrogen and oxygen atoms in total. The third kappa shape index (κ3) is 4.97. The average molecular weight is 412 g/mol. The number of halogens is 2. The van der Waals surface area contributed by atoms with Crippen LogP contribution in [0.4, 0.5) is 0 Å². The Labute approximate surface area is 153 Å². The number of carbonyl (C=O) groups excluding carboxylic acids is 1. The van der Waals surface area contributed by atoms with Crippen LogP contribution in [-0.4, -0.2) is 23.8 Å². The number of nitrogens with zero attached hydrogens (tertiary/aromatic N) is 1. The van der Waals surface area contributed by atoms with E-state index in [1.54, 1.807) is 6.07 Å². The summed E-state index contributed by atoms with van der Waals surface area (Å²) >= 11 is 9.25. The van der Waals surface area contributed by atoms with Crippen molar-refractivity contribution in [3.63, 3.8) is 0 Å². The first-order chi connectivity index (χ1) is 11.4. The fourth-order valence-corrected chi connectivity index (χ4v) is 3.03. The first kappa shape index (κ1) is 18.3. The van der Waals surface area contributed by atoms with Gasteiger partial charge < -0.3 is 9.84 Å². The lowest BCUT2D eigenvalue weighted by Gasteiger charge is -2.11. The van der Waals surface area contributed by atoms with E-state index in [4.69, 9.17) is 16.3 Å². The highest BCUT2D eigenvalue weighted by Gasteiger charge is 2.09. The van der Waals surface area contributed by atoms with Crippen molar-refractivity contribution in [3.05, 3.63) is 56.5 Å². The van der Waals surface area contributed by atoms with Crippen LogP contribution in [-0.2, 0) is 4.79 Å². The number of aromatic hydroxyl groups is 1. The summed E-state index contributed by atoms with van der Waals surface area (Å²) in [7, 11) is 0. The number of benzene rings is 2. The van der Waals surface area contributed by atoms with Gasteiger partial charge in [0.2, 0.25) is 0 Å². The Balaban J connectivity index is 1.92. The molecule has 0 saturated carbocycles. The molecule has 0 saturated heterocycles. The number of ether oxygens (including phenoxy) is 1. The van der Waals surface area contributed by atoms with Crippen LogP contribution in [0.2, 0.25) is 5.02 Å². The molecule has 2 rings (SSSR count). The molecule has 0 fully saturated rings. The molecule has 7 heteroatoms. The van der Waals surface area contributed by atoms with Gasteiger partial charge in [0.15, 0.2) is 6.61 Å². The van der Waals surface area contributed by atoms with Crippen molar-refractivity contribution in [2.24, 2.45) is 5.10 Å². The maximum absolute atomic E-state index is 11.8. The van der Waals surface area contributed by atoms with Gasteiger partial charge in [0.05, 0.1) is 10.7 Å². The second kappa shape index (κ2) is 8.17. The molecule has 2 aromatic carbocycles. The number of rotatable bonds is 5. The van der Waals surface area contributed by atoms with E-state index in [0.717, 1.165) is 15.6 Å². The molecule has 1 amide bonds. The van der Waals surface area contributed by atoms with Gasteiger partial charge in [-0.25, -0.2) is 5.43 Å². The molecule has 0 aromatic heterocycles. The Bertz CT molecular complexity index is 770. The summed E-state index contributed by atoms with van der Waals surface area (Å²) in [4.78, 5) is 11.8. The second-order valence-electron chi connectivity index (χ2n) is 5.18. The van der Waals surface area contributed by atoms with Crippen molar-refractivity contribution in [3.8, 4) is 11.5 Å². The highest BCUT2D eigenvalue weighted by atomic mass is 79.9. The van der Waals surface area contributed by atoms with Crippen LogP contribution < -0.4 is 10.2 Å². The van der Waals surface area contributed by atoms with E-state index >= 15 is 0 Å². The van der Waals surface area contributed by atoms with Gasteiger partial charge >= 0.3 is 0 Å². The number of phenols is 1. The average Bonchev–Trinajstić information content (AvgIpc) is 2.49. The molecular weight excluding hydrogens is 396 g/mol. The van der Waals surface area contributed by atoms with Gasteiger partial charge in [0.25, 0.3) is 5.91 Å². The minimum Gasteiger partial charge on any atom is -0.507 e. The first-order valence-corrected chi connectivity index (χ1v) is 8.24. The fourth-order valence-electron chi connectivity index (χ4n) is 2.06. The number of phenolic OH excluding ortho intramolecular Hbond substituents is 1. The predicted molar refractivity (Wildman–Crippen MR) is 98.0 cm³/mol. The lowest BCUT2D eigenvalue weighted by molar-refractivity contribution is -0.123. The van der Waals surface area contributed by atoms with E-state index in [1.165, 1.54) is 18.3 Å². The summed E-state index contributed by atoms with van der Waals surface area (Å²) in [5.74, 6) is 0.222. The second-order valence-corrected chi connectivity index (χ2v) is 6.47. The number of aryl methyl sites for hydroxylation is 2. The molecule has 126 valence electrons. The van der Waals surface area contributed by atoms with Gasteiger partial charge in [0.1, 0.15) is 11.5 Å². The molecule has 0 spiro atoms. The normalized spacial score (nSPS) is 10.8. The van der Waals surface area contributed by atoms with Gasteiger partial charge in [-0.1, -0.05) is 17.7 Å². The van der Waals surface area contributed by atoms with Gasteiger partial charge in [0, 0.05) is 10.6 Å². The molecule has 0 aliphatic carbocycles. The number of hydrogen-bond acceptors (Lipinski definition) is 4. The standard InChI is InChI=1S/C17H16BrClN2O3/c1-10-5-11(2)17(14(18)6-10)24-9-16(23)21-20-8-12-7-13(19)3-4-15(12)22/h3-8,22H,9H2,1-2H3,(H,21,23)/b20-8-. The molecule has 0 radical (unpaired) electrons. The van der Waals surface area contributed by atoms with Crippen molar-refractivity contribution < 1.29 is 14.6 Å². The highest BCUT2D eigenvalue weighted by molar-refractivity contribution is 9.10. The zero-order valence-corrected chi connectivity index (χ0v) is 15.5. The van der Waals surface area contributed by atoms with Crippen LogP contribution in [0.25, 0.3) is 0 Å². The third-order valence-corrected chi connectivity index (χ3v) is 3.93. The van der Waals surface area contributed by atoms with Crippen molar-refractivity contribution >= 4 is 39.7 Å². The monoisotopic (exact) mass is 410 g/mol. The van der Waals surface area contributed by atoms with Crippen LogP contribution in [0.1, 0.15) is 16.7 Å². The molecule has 0 heterocycles. The van der Waals surface area contributed by atoms with Crippen LogP contribution in [0.15, 0.2) is 39.9 Å². The highest BCUT2D eigenvalue weighted by Crippen LogP contribution is 2.30. The van der Waals surface area contributed by atoms with Gasteiger partial charge in [-0.15, -0.1) is 0 Å². The van der Waals surface area contributed by atoms with Crippen LogP contribution in [0.3, 0.4) is 0 Å². The van der Waals surface area contributed by atoms with Gasteiger partial charge in [-0.05, 0) is 65.2 Å². The number of amides is 1. The summed E-state index contributed by atoms with van der Waals surface area (Å²) in [5, 5.41) is 13.9. The number of hydrazone groups is 1. The SMILES string of the molecule is Cc1cc(C)c(OCC(=O)N/N=C\c2cc(Cl)ccc2O)c(Br)c1. The fraction of sp³-hybridized carbons (Fsp3) is 0.176. The molecule has 24 heavy (non-hydrogen) atoms. The molecule has 0 atom stereocenters. The topological polar surface area (TPSA) is 70.9 Å². The third-order valence-electron chi connectivity index (χ3n) is 3.10. The van der Waals surface area contributed by atoms with Crippen molar-refractivity contribution in [2.75, 3.05) is 6.61 Å². The predicted octanol–water partition coefficient (Wildman–Crippen LogP) is 3.95. The maximum Gasteiger partial charge on any atom is 0.277 e. The smallest absolute Gasteiger partial charge is 0.277 e. The quantitative estimate of drug-likeness (QED) is 0.578. The summed E-state index contributed by atoms with van der Waals surface area (Å²) in [6.45, 7) is 3.71. The van der Waals surface area contributed by atoms with Crippen LogP contribution >= 0.6 is 27.5 Å². The first-order valence-electron chi connectivity index (χ1n) is 7.07. The van der Waals surface area contributed by atoms with Crippen molar-refractivity contribution in [2.45, 2.75) is 13.8 Å². The Morgan fingerprint density at radius 2 is 2.12 bits per heavy atom. The summed E-state index contributed by atoms with van der Waals surface area (Å²) < 4.78 is 6.32. The molecule has 0 unspecified atom stereocenters. The van der Waals surface area contributed by atoms with Crippen LogP contribution in [0.5, 0.6) is 11.5 Å². The van der Waals surface area contributed by atoms with E-state index in [1.807, 2.05) is 26.0 Å². The van der Waals surface area contributed by atoms with Crippen molar-refractivity contribution in [1.29, 1.82) is 0 Å². The summed E-state index contributed by atoms with van der Waals surface area (Å²) in [6.07, 6.45) is 1.31. The molecule has 0 aliphatic heterocycles. The minimum absolute atomic E-state index is 0.0212. The molecular formula is C17H16BrClN2O3. The lowest BCUT2D eigenvalue weighted by Crippen LogP contribution is -2.24. The zero-order chi connectivity index (χ0) is 17.7. The van der Waals surface area contributed by atoms with Crippen molar-refractivity contribution in [1.82, 2.24) is 5.43 Å². The Morgan fingerprint density at radius 1 is 1.38 bits per heavy atom. The number of hydrogen-bond donors (Lipinski definition) is 2. The van der Waals surface area contributed by atoms with Crippen LogP contribution in [0, 0.1) is 13.8 Å². The molecule has 2 aromatic rings. The Hall–Kier alpha value is -2.05. The summed E-state index contributed by atoms with van der Waals surface area (Å²) in [5.41, 5.74) is 4.77. The number of nitrogens with one attached hydrogen (secondary N) is 1. The van der Waals surface area contributed by atoms with E-state index in [-0.39, 0.29) is 12.4 Å². The molecule has 0 aliphatic rings. The maximum atomic E-state index is 11.8. The number of carbonyl (C=O) groups is 1. The van der Waals surface area contributed by atoms with Gasteiger partial charge in [-0.3, -0.25) is 4.79 Å².